The first-order chi connectivity index (χ1) is 7.45. The molecule has 1 aromatic rings. The van der Waals surface area contributed by atoms with Crippen molar-refractivity contribution in [3.05, 3.63) is 23.5 Å². The highest BCUT2D eigenvalue weighted by Crippen LogP contribution is 2.31. The summed E-state index contributed by atoms with van der Waals surface area (Å²) in [5.41, 5.74) is 3.15. The van der Waals surface area contributed by atoms with Crippen LogP contribution in [0.3, 0.4) is 0 Å². The minimum Gasteiger partial charge on any atom is -0.348 e. The predicted octanol–water partition coefficient (Wildman–Crippen LogP) is 2.64. The Morgan fingerprint density at radius 1 is 1.20 bits per heavy atom. The van der Waals surface area contributed by atoms with E-state index in [0.29, 0.717) is 0 Å². The molecule has 1 aliphatic heterocycles. The topological polar surface area (TPSA) is 17.0 Å². The molecule has 0 aromatic carbocycles. The van der Waals surface area contributed by atoms with Crippen LogP contribution in [0, 0.1) is 0 Å². The summed E-state index contributed by atoms with van der Waals surface area (Å²) in [6, 6.07) is 3.12. The van der Waals surface area contributed by atoms with Gasteiger partial charge in [0.15, 0.2) is 0 Å². The SMILES string of the molecule is c1cn(C2CCCCC2)c2c1CNCC2. The van der Waals surface area contributed by atoms with Crippen LogP contribution in [0.4, 0.5) is 0 Å². The lowest BCUT2D eigenvalue weighted by atomic mass is 9.95. The highest BCUT2D eigenvalue weighted by molar-refractivity contribution is 5.25. The fraction of sp³-hybridized carbons (Fsp3) is 0.692. The molecule has 0 spiro atoms. The normalized spacial score (nSPS) is 22.7. The van der Waals surface area contributed by atoms with Crippen LogP contribution in [-0.4, -0.2) is 11.1 Å². The van der Waals surface area contributed by atoms with Gasteiger partial charge in [-0.2, -0.15) is 0 Å². The second kappa shape index (κ2) is 4.01. The summed E-state index contributed by atoms with van der Waals surface area (Å²) < 4.78 is 2.58. The minimum atomic E-state index is 0.806. The fourth-order valence-corrected chi connectivity index (χ4v) is 3.10. The molecule has 2 heterocycles. The number of fused-ring (bicyclic) bond motifs is 1. The third-order valence-electron chi connectivity index (χ3n) is 3.94. The van der Waals surface area contributed by atoms with E-state index in [1.165, 1.54) is 44.1 Å². The Morgan fingerprint density at radius 2 is 2.07 bits per heavy atom. The molecule has 0 bridgehead atoms. The molecule has 15 heavy (non-hydrogen) atoms. The van der Waals surface area contributed by atoms with E-state index in [1.54, 1.807) is 5.69 Å². The second-order valence-electron chi connectivity index (χ2n) is 4.91. The van der Waals surface area contributed by atoms with E-state index >= 15 is 0 Å². The molecule has 82 valence electrons. The molecule has 1 aliphatic carbocycles. The van der Waals surface area contributed by atoms with Crippen LogP contribution < -0.4 is 5.32 Å². The molecule has 2 nitrogen and oxygen atoms in total. The van der Waals surface area contributed by atoms with Gasteiger partial charge >= 0.3 is 0 Å². The summed E-state index contributed by atoms with van der Waals surface area (Å²) in [4.78, 5) is 0. The van der Waals surface area contributed by atoms with Crippen molar-refractivity contribution in [2.75, 3.05) is 6.54 Å². The zero-order chi connectivity index (χ0) is 10.1. The molecule has 0 amide bonds. The molecule has 1 N–H and O–H groups in total. The zero-order valence-corrected chi connectivity index (χ0v) is 9.34. The molecule has 3 rings (SSSR count). The van der Waals surface area contributed by atoms with E-state index in [4.69, 9.17) is 0 Å². The lowest BCUT2D eigenvalue weighted by molar-refractivity contribution is 0.345. The van der Waals surface area contributed by atoms with E-state index in [9.17, 15) is 0 Å². The van der Waals surface area contributed by atoms with Gasteiger partial charge in [0.05, 0.1) is 0 Å². The average molecular weight is 204 g/mol. The van der Waals surface area contributed by atoms with Crippen LogP contribution in [0.2, 0.25) is 0 Å². The van der Waals surface area contributed by atoms with Crippen molar-refractivity contribution in [1.29, 1.82) is 0 Å². The van der Waals surface area contributed by atoms with Crippen molar-refractivity contribution in [3.63, 3.8) is 0 Å². The van der Waals surface area contributed by atoms with Crippen molar-refractivity contribution in [2.45, 2.75) is 51.1 Å². The molecule has 0 saturated heterocycles. The standard InChI is InChI=1S/C13H20N2/c1-2-4-12(5-3-1)15-9-7-11-10-14-8-6-13(11)15/h7,9,12,14H,1-6,8,10H2. The van der Waals surface area contributed by atoms with Gasteiger partial charge in [0.1, 0.15) is 0 Å². The number of hydrogen-bond donors (Lipinski definition) is 1. The molecule has 2 heteroatoms. The van der Waals surface area contributed by atoms with Gasteiger partial charge in [0, 0.05) is 37.4 Å². The molecule has 1 fully saturated rings. The smallest absolute Gasteiger partial charge is 0.0333 e. The number of rotatable bonds is 1. The van der Waals surface area contributed by atoms with Crippen LogP contribution in [0.1, 0.15) is 49.4 Å². The molecule has 2 aliphatic rings. The zero-order valence-electron chi connectivity index (χ0n) is 9.34. The first kappa shape index (κ1) is 9.46. The van der Waals surface area contributed by atoms with Gasteiger partial charge in [-0.3, -0.25) is 0 Å². The first-order valence-corrected chi connectivity index (χ1v) is 6.34. The van der Waals surface area contributed by atoms with Gasteiger partial charge in [-0.1, -0.05) is 19.3 Å². The van der Waals surface area contributed by atoms with Crippen LogP contribution in [0.25, 0.3) is 0 Å². The summed E-state index contributed by atoms with van der Waals surface area (Å²) in [7, 11) is 0. The fourth-order valence-electron chi connectivity index (χ4n) is 3.10. The molecule has 1 saturated carbocycles. The Balaban J connectivity index is 1.87. The van der Waals surface area contributed by atoms with Crippen molar-refractivity contribution >= 4 is 0 Å². The third-order valence-corrected chi connectivity index (χ3v) is 3.94. The summed E-state index contributed by atoms with van der Waals surface area (Å²) in [6.45, 7) is 2.23. The third kappa shape index (κ3) is 1.71. The second-order valence-corrected chi connectivity index (χ2v) is 4.91. The van der Waals surface area contributed by atoms with Gasteiger partial charge in [-0.05, 0) is 24.5 Å². The molecule has 1 aromatic heterocycles. The molecular weight excluding hydrogens is 184 g/mol. The van der Waals surface area contributed by atoms with E-state index < -0.39 is 0 Å². The largest absolute Gasteiger partial charge is 0.348 e. The van der Waals surface area contributed by atoms with Crippen LogP contribution in [0.5, 0.6) is 0 Å². The highest BCUT2D eigenvalue weighted by Gasteiger charge is 2.20. The highest BCUT2D eigenvalue weighted by atomic mass is 15.0. The van der Waals surface area contributed by atoms with Crippen LogP contribution in [0.15, 0.2) is 12.3 Å². The summed E-state index contributed by atoms with van der Waals surface area (Å²) in [6.07, 6.45) is 10.6. The van der Waals surface area contributed by atoms with E-state index in [2.05, 4.69) is 22.1 Å². The maximum atomic E-state index is 3.44. The Hall–Kier alpha value is -0.760. The summed E-state index contributed by atoms with van der Waals surface area (Å²) in [5, 5.41) is 3.44. The molecule has 0 unspecified atom stereocenters. The van der Waals surface area contributed by atoms with Crippen LogP contribution in [-0.2, 0) is 13.0 Å². The summed E-state index contributed by atoms with van der Waals surface area (Å²) >= 11 is 0. The monoisotopic (exact) mass is 204 g/mol. The van der Waals surface area contributed by atoms with Gasteiger partial charge in [-0.25, -0.2) is 0 Å². The summed E-state index contributed by atoms with van der Waals surface area (Å²) in [5.74, 6) is 0. The van der Waals surface area contributed by atoms with Crippen molar-refractivity contribution in [2.24, 2.45) is 0 Å². The van der Waals surface area contributed by atoms with Gasteiger partial charge in [0.25, 0.3) is 0 Å². The Kier molecular flexibility index (Phi) is 2.53. The maximum absolute atomic E-state index is 3.44. The van der Waals surface area contributed by atoms with Crippen molar-refractivity contribution < 1.29 is 0 Å². The lowest BCUT2D eigenvalue weighted by Gasteiger charge is -2.27. The number of hydrogen-bond acceptors (Lipinski definition) is 1. The first-order valence-electron chi connectivity index (χ1n) is 6.34. The van der Waals surface area contributed by atoms with Crippen LogP contribution >= 0.6 is 0 Å². The Bertz CT molecular complexity index is 334. The minimum absolute atomic E-state index is 0.806. The Labute approximate surface area is 91.7 Å². The molecule has 0 radical (unpaired) electrons. The van der Waals surface area contributed by atoms with E-state index in [1.807, 2.05) is 0 Å². The van der Waals surface area contributed by atoms with Gasteiger partial charge in [0.2, 0.25) is 0 Å². The average Bonchev–Trinajstić information content (AvgIpc) is 2.74. The van der Waals surface area contributed by atoms with Crippen molar-refractivity contribution in [1.82, 2.24) is 9.88 Å². The molecule has 0 atom stereocenters. The number of aromatic nitrogens is 1. The number of nitrogens with one attached hydrogen (secondary N) is 1. The Morgan fingerprint density at radius 3 is 2.93 bits per heavy atom. The lowest BCUT2D eigenvalue weighted by Crippen LogP contribution is -2.26. The number of nitrogens with zero attached hydrogens (tertiary/aromatic N) is 1. The molecular formula is C13H20N2. The van der Waals surface area contributed by atoms with Crippen molar-refractivity contribution in [3.8, 4) is 0 Å². The van der Waals surface area contributed by atoms with Gasteiger partial charge < -0.3 is 9.88 Å². The maximum Gasteiger partial charge on any atom is 0.0333 e. The predicted molar refractivity (Wildman–Crippen MR) is 62.0 cm³/mol. The van der Waals surface area contributed by atoms with E-state index in [-0.39, 0.29) is 0 Å². The quantitative estimate of drug-likeness (QED) is 0.744. The van der Waals surface area contributed by atoms with Gasteiger partial charge in [-0.15, -0.1) is 0 Å². The van der Waals surface area contributed by atoms with E-state index in [0.717, 1.165) is 19.1 Å².